The molecule has 2 amide bonds. The van der Waals surface area contributed by atoms with Crippen molar-refractivity contribution in [3.8, 4) is 11.4 Å². The van der Waals surface area contributed by atoms with Crippen molar-refractivity contribution in [2.45, 2.75) is 0 Å². The number of amides is 2. The van der Waals surface area contributed by atoms with Crippen LogP contribution in [0.15, 0.2) is 59.2 Å². The van der Waals surface area contributed by atoms with Crippen molar-refractivity contribution < 1.29 is 14.7 Å². The maximum Gasteiger partial charge on any atom is 0.294 e. The third-order valence-corrected chi connectivity index (χ3v) is 4.20. The second-order valence-corrected chi connectivity index (χ2v) is 6.50. The summed E-state index contributed by atoms with van der Waals surface area (Å²) in [6.45, 7) is 0. The van der Waals surface area contributed by atoms with Crippen LogP contribution in [-0.4, -0.2) is 26.7 Å². The Kier molecular flexibility index (Phi) is 5.24. The van der Waals surface area contributed by atoms with Crippen LogP contribution in [-0.2, 0) is 0 Å². The van der Waals surface area contributed by atoms with E-state index in [-0.39, 0.29) is 22.0 Å². The molecule has 0 aliphatic heterocycles. The summed E-state index contributed by atoms with van der Waals surface area (Å²) in [5.41, 5.74) is 5.07. The Hall–Kier alpha value is -2.84. The zero-order valence-corrected chi connectivity index (χ0v) is 15.5. The van der Waals surface area contributed by atoms with Gasteiger partial charge in [-0.2, -0.15) is 5.10 Å². The molecule has 0 saturated carbocycles. The number of rotatable bonds is 3. The van der Waals surface area contributed by atoms with Gasteiger partial charge in [0.05, 0.1) is 22.5 Å². The highest BCUT2D eigenvalue weighted by Crippen LogP contribution is 2.21. The Labute approximate surface area is 161 Å². The fourth-order valence-electron chi connectivity index (χ4n) is 2.15. The first-order valence-electron chi connectivity index (χ1n) is 7.35. The van der Waals surface area contributed by atoms with Crippen molar-refractivity contribution in [2.75, 3.05) is 0 Å². The molecule has 3 aromatic rings. The van der Waals surface area contributed by atoms with Crippen LogP contribution >= 0.6 is 27.5 Å². The number of carbonyl (C=O) groups is 2. The van der Waals surface area contributed by atoms with Gasteiger partial charge in [0.1, 0.15) is 0 Å². The Morgan fingerprint density at radius 3 is 2.46 bits per heavy atom. The van der Waals surface area contributed by atoms with Gasteiger partial charge >= 0.3 is 0 Å². The van der Waals surface area contributed by atoms with Gasteiger partial charge in [-0.1, -0.05) is 45.7 Å². The first-order chi connectivity index (χ1) is 12.5. The molecule has 0 saturated heterocycles. The van der Waals surface area contributed by atoms with Crippen molar-refractivity contribution in [3.63, 3.8) is 0 Å². The van der Waals surface area contributed by atoms with E-state index in [1.54, 1.807) is 36.4 Å². The first kappa shape index (κ1) is 18.0. The molecular formula is C17H12BrClN4O3. The van der Waals surface area contributed by atoms with E-state index < -0.39 is 11.8 Å². The van der Waals surface area contributed by atoms with Crippen LogP contribution in [0.4, 0.5) is 0 Å². The van der Waals surface area contributed by atoms with Crippen molar-refractivity contribution in [1.29, 1.82) is 0 Å². The molecule has 0 aliphatic carbocycles. The summed E-state index contributed by atoms with van der Waals surface area (Å²) in [5.74, 6) is -1.68. The monoisotopic (exact) mass is 434 g/mol. The lowest BCUT2D eigenvalue weighted by atomic mass is 10.2. The average molecular weight is 436 g/mol. The van der Waals surface area contributed by atoms with Gasteiger partial charge in [0.25, 0.3) is 11.8 Å². The van der Waals surface area contributed by atoms with E-state index >= 15 is 0 Å². The number of carbonyl (C=O) groups excluding carboxylic acids is 2. The number of hydrogen-bond acceptors (Lipinski definition) is 4. The fourth-order valence-corrected chi connectivity index (χ4v) is 2.91. The van der Waals surface area contributed by atoms with Gasteiger partial charge in [-0.05, 0) is 30.3 Å². The first-order valence-corrected chi connectivity index (χ1v) is 8.52. The van der Waals surface area contributed by atoms with Crippen molar-refractivity contribution >= 4 is 39.3 Å². The predicted octanol–water partition coefficient (Wildman–Crippen LogP) is 3.07. The van der Waals surface area contributed by atoms with Gasteiger partial charge in [-0.15, -0.1) is 0 Å². The molecule has 0 unspecified atom stereocenters. The van der Waals surface area contributed by atoms with Crippen molar-refractivity contribution in [2.24, 2.45) is 0 Å². The molecule has 1 heterocycles. The molecule has 9 heteroatoms. The predicted molar refractivity (Wildman–Crippen MR) is 99.3 cm³/mol. The Balaban J connectivity index is 1.71. The molecule has 7 nitrogen and oxygen atoms in total. The van der Waals surface area contributed by atoms with Gasteiger partial charge in [0, 0.05) is 4.47 Å². The normalized spacial score (nSPS) is 10.4. The lowest BCUT2D eigenvalue weighted by Gasteiger charge is -2.08. The van der Waals surface area contributed by atoms with Crippen LogP contribution in [0, 0.1) is 0 Å². The standard InChI is InChI=1S/C17H12BrClN4O3/c18-10-6-7-12(13(19)8-10)16(25)20-21-17(26)15-14(24)9-23(22-15)11-4-2-1-3-5-11/h1-9,24H,(H,20,25)(H,21,26). The van der Waals surface area contributed by atoms with Crippen LogP contribution in [0.1, 0.15) is 20.8 Å². The highest BCUT2D eigenvalue weighted by Gasteiger charge is 2.18. The van der Waals surface area contributed by atoms with Crippen LogP contribution < -0.4 is 10.9 Å². The van der Waals surface area contributed by atoms with Gasteiger partial charge < -0.3 is 5.11 Å². The van der Waals surface area contributed by atoms with Gasteiger partial charge in [-0.3, -0.25) is 20.4 Å². The number of para-hydroxylation sites is 1. The van der Waals surface area contributed by atoms with Gasteiger partial charge in [0.15, 0.2) is 11.4 Å². The van der Waals surface area contributed by atoms with Crippen molar-refractivity contribution in [3.05, 3.63) is 75.5 Å². The quantitative estimate of drug-likeness (QED) is 0.551. The number of halogens is 2. The number of benzene rings is 2. The summed E-state index contributed by atoms with van der Waals surface area (Å²) in [4.78, 5) is 24.3. The SMILES string of the molecule is O=C(NNC(=O)c1nn(-c2ccccc2)cc1O)c1ccc(Br)cc1Cl. The molecular weight excluding hydrogens is 424 g/mol. The Bertz CT molecular complexity index is 975. The second kappa shape index (κ2) is 7.59. The number of aromatic nitrogens is 2. The summed E-state index contributed by atoms with van der Waals surface area (Å²) < 4.78 is 2.08. The van der Waals surface area contributed by atoms with Crippen molar-refractivity contribution in [1.82, 2.24) is 20.6 Å². The molecule has 132 valence electrons. The number of hydrogen-bond donors (Lipinski definition) is 3. The molecule has 0 atom stereocenters. The average Bonchev–Trinajstić information content (AvgIpc) is 3.02. The third-order valence-electron chi connectivity index (χ3n) is 3.40. The summed E-state index contributed by atoms with van der Waals surface area (Å²) in [6.07, 6.45) is 1.30. The number of nitrogens with zero attached hydrogens (tertiary/aromatic N) is 2. The third kappa shape index (κ3) is 3.87. The minimum absolute atomic E-state index is 0.189. The van der Waals surface area contributed by atoms with E-state index in [1.165, 1.54) is 16.9 Å². The smallest absolute Gasteiger partial charge is 0.294 e. The molecule has 3 N–H and O–H groups in total. The topological polar surface area (TPSA) is 96.3 Å². The molecule has 26 heavy (non-hydrogen) atoms. The number of hydrazine groups is 1. The maximum absolute atomic E-state index is 12.2. The summed E-state index contributed by atoms with van der Waals surface area (Å²) >= 11 is 9.24. The molecule has 0 aliphatic rings. The molecule has 3 rings (SSSR count). The van der Waals surface area contributed by atoms with Crippen LogP contribution in [0.2, 0.25) is 5.02 Å². The summed E-state index contributed by atoms with van der Waals surface area (Å²) in [6, 6.07) is 13.7. The molecule has 0 bridgehead atoms. The van der Waals surface area contributed by atoms with Crippen LogP contribution in [0.5, 0.6) is 5.75 Å². The van der Waals surface area contributed by atoms with E-state index in [9.17, 15) is 14.7 Å². The lowest BCUT2D eigenvalue weighted by molar-refractivity contribution is 0.0842. The highest BCUT2D eigenvalue weighted by molar-refractivity contribution is 9.10. The van der Waals surface area contributed by atoms with Gasteiger partial charge in [-0.25, -0.2) is 4.68 Å². The van der Waals surface area contributed by atoms with Crippen LogP contribution in [0.3, 0.4) is 0 Å². The second-order valence-electron chi connectivity index (χ2n) is 5.18. The van der Waals surface area contributed by atoms with E-state index in [2.05, 4.69) is 31.9 Å². The van der Waals surface area contributed by atoms with Gasteiger partial charge in [0.2, 0.25) is 0 Å². The zero-order valence-electron chi connectivity index (χ0n) is 13.1. The lowest BCUT2D eigenvalue weighted by Crippen LogP contribution is -2.42. The van der Waals surface area contributed by atoms with E-state index in [4.69, 9.17) is 11.6 Å². The minimum Gasteiger partial charge on any atom is -0.504 e. The molecule has 2 aromatic carbocycles. The summed E-state index contributed by atoms with van der Waals surface area (Å²) in [5, 5.41) is 14.2. The van der Waals surface area contributed by atoms with E-state index in [1.807, 2.05) is 6.07 Å². The Morgan fingerprint density at radius 1 is 1.08 bits per heavy atom. The molecule has 1 aromatic heterocycles. The maximum atomic E-state index is 12.2. The van der Waals surface area contributed by atoms with Crippen LogP contribution in [0.25, 0.3) is 5.69 Å². The highest BCUT2D eigenvalue weighted by atomic mass is 79.9. The van der Waals surface area contributed by atoms with E-state index in [0.29, 0.717) is 5.69 Å². The largest absolute Gasteiger partial charge is 0.504 e. The minimum atomic E-state index is -0.765. The molecule has 0 radical (unpaired) electrons. The number of aromatic hydroxyl groups is 1. The van der Waals surface area contributed by atoms with E-state index in [0.717, 1.165) is 4.47 Å². The fraction of sp³-hybridized carbons (Fsp3) is 0. The zero-order chi connectivity index (χ0) is 18.7. The summed E-state index contributed by atoms with van der Waals surface area (Å²) in [7, 11) is 0. The Morgan fingerprint density at radius 2 is 1.77 bits per heavy atom. The number of nitrogens with one attached hydrogen (secondary N) is 2. The molecule has 0 fully saturated rings. The molecule has 0 spiro atoms.